The first-order valence-corrected chi connectivity index (χ1v) is 5.50. The number of fused-ring (bicyclic) bond motifs is 2. The van der Waals surface area contributed by atoms with Crippen molar-refractivity contribution < 1.29 is 27.4 Å². The average Bonchev–Trinajstić information content (AvgIpc) is 2.57. The van der Waals surface area contributed by atoms with E-state index in [-0.39, 0.29) is 13.0 Å². The zero-order valence-electron chi connectivity index (χ0n) is 9.24. The second-order valence-corrected chi connectivity index (χ2v) is 4.19. The van der Waals surface area contributed by atoms with Crippen molar-refractivity contribution >= 4 is 5.97 Å². The molecule has 1 saturated heterocycles. The highest BCUT2D eigenvalue weighted by molar-refractivity contribution is 5.73. The molecule has 17 heavy (non-hydrogen) atoms. The molecule has 0 aliphatic carbocycles. The van der Waals surface area contributed by atoms with Crippen LogP contribution in [0.15, 0.2) is 12.2 Å². The van der Waals surface area contributed by atoms with Gasteiger partial charge in [-0.05, 0) is 13.3 Å². The highest BCUT2D eigenvalue weighted by atomic mass is 19.4. The lowest BCUT2D eigenvalue weighted by Crippen LogP contribution is -2.47. The number of hydrogen-bond acceptors (Lipinski definition) is 3. The molecule has 0 aromatic rings. The molecule has 0 N–H and O–H groups in total. The van der Waals surface area contributed by atoms with Crippen LogP contribution < -0.4 is 0 Å². The Kier molecular flexibility index (Phi) is 3.16. The standard InChI is InChI=1S/C11H13F3O3/c1-2-16-10(15)7-5-6-3-4-8(17-6)9(7)11(12,13)14/h3-4,6-9H,2,5H2,1H3. The van der Waals surface area contributed by atoms with Gasteiger partial charge in [-0.25, -0.2) is 0 Å². The minimum atomic E-state index is -4.46. The minimum Gasteiger partial charge on any atom is -0.466 e. The maximum Gasteiger partial charge on any atom is 0.395 e. The molecule has 0 spiro atoms. The van der Waals surface area contributed by atoms with Crippen LogP contribution in [-0.2, 0) is 14.3 Å². The topological polar surface area (TPSA) is 35.5 Å². The summed E-state index contributed by atoms with van der Waals surface area (Å²) in [6.07, 6.45) is -2.89. The van der Waals surface area contributed by atoms with Crippen LogP contribution in [0.5, 0.6) is 0 Å². The van der Waals surface area contributed by atoms with Crippen LogP contribution in [-0.4, -0.2) is 31.0 Å². The number of esters is 1. The van der Waals surface area contributed by atoms with Crippen LogP contribution in [0.2, 0.25) is 0 Å². The second-order valence-electron chi connectivity index (χ2n) is 4.19. The molecule has 2 heterocycles. The van der Waals surface area contributed by atoms with Crippen molar-refractivity contribution in [2.24, 2.45) is 11.8 Å². The van der Waals surface area contributed by atoms with Gasteiger partial charge in [-0.2, -0.15) is 13.2 Å². The Morgan fingerprint density at radius 3 is 2.76 bits per heavy atom. The predicted octanol–water partition coefficient (Wildman–Crippen LogP) is 2.07. The van der Waals surface area contributed by atoms with Crippen LogP contribution in [0.4, 0.5) is 13.2 Å². The summed E-state index contributed by atoms with van der Waals surface area (Å²) >= 11 is 0. The first-order chi connectivity index (χ1) is 7.93. The summed E-state index contributed by atoms with van der Waals surface area (Å²) in [5.41, 5.74) is 0. The lowest BCUT2D eigenvalue weighted by atomic mass is 9.83. The van der Waals surface area contributed by atoms with E-state index in [0.29, 0.717) is 0 Å². The molecule has 0 saturated carbocycles. The summed E-state index contributed by atoms with van der Waals surface area (Å²) < 4.78 is 48.6. The molecule has 2 rings (SSSR count). The Morgan fingerprint density at radius 1 is 1.47 bits per heavy atom. The maximum absolute atomic E-state index is 12.9. The normalized spacial score (nSPS) is 36.0. The van der Waals surface area contributed by atoms with Gasteiger partial charge < -0.3 is 9.47 Å². The number of halogens is 3. The molecule has 6 heteroatoms. The van der Waals surface area contributed by atoms with Crippen molar-refractivity contribution in [1.29, 1.82) is 0 Å². The van der Waals surface area contributed by atoms with Gasteiger partial charge in [0.15, 0.2) is 0 Å². The van der Waals surface area contributed by atoms with E-state index in [2.05, 4.69) is 0 Å². The van der Waals surface area contributed by atoms with Gasteiger partial charge in [0.2, 0.25) is 0 Å². The fraction of sp³-hybridized carbons (Fsp3) is 0.727. The van der Waals surface area contributed by atoms with Gasteiger partial charge in [-0.3, -0.25) is 4.79 Å². The van der Waals surface area contributed by atoms with Crippen LogP contribution >= 0.6 is 0 Å². The summed E-state index contributed by atoms with van der Waals surface area (Å²) in [4.78, 5) is 11.6. The molecule has 96 valence electrons. The van der Waals surface area contributed by atoms with Crippen LogP contribution in [0.3, 0.4) is 0 Å². The summed E-state index contributed by atoms with van der Waals surface area (Å²) in [5, 5.41) is 0. The second kappa shape index (κ2) is 4.33. The largest absolute Gasteiger partial charge is 0.466 e. The summed E-state index contributed by atoms with van der Waals surface area (Å²) in [6, 6.07) is 0. The molecule has 0 aromatic carbocycles. The van der Waals surface area contributed by atoms with Crippen molar-refractivity contribution in [3.63, 3.8) is 0 Å². The molecule has 0 amide bonds. The molecular formula is C11H13F3O3. The molecule has 0 radical (unpaired) electrons. The van der Waals surface area contributed by atoms with Crippen molar-refractivity contribution in [2.45, 2.75) is 31.7 Å². The third-order valence-corrected chi connectivity index (χ3v) is 3.09. The Morgan fingerprint density at radius 2 is 2.18 bits per heavy atom. The molecule has 2 aliphatic heterocycles. The molecule has 1 fully saturated rings. The number of ether oxygens (including phenoxy) is 2. The third-order valence-electron chi connectivity index (χ3n) is 3.09. The number of alkyl halides is 3. The Hall–Kier alpha value is -1.04. The van der Waals surface area contributed by atoms with E-state index >= 15 is 0 Å². The van der Waals surface area contributed by atoms with E-state index in [0.717, 1.165) is 0 Å². The SMILES string of the molecule is CCOC(=O)C1CC2C=CC(O2)C1C(F)(F)F. The maximum atomic E-state index is 12.9. The first-order valence-electron chi connectivity index (χ1n) is 5.50. The summed E-state index contributed by atoms with van der Waals surface area (Å²) in [7, 11) is 0. The zero-order chi connectivity index (χ0) is 12.6. The predicted molar refractivity (Wildman–Crippen MR) is 52.1 cm³/mol. The van der Waals surface area contributed by atoms with E-state index in [9.17, 15) is 18.0 Å². The van der Waals surface area contributed by atoms with Gasteiger partial charge in [0.25, 0.3) is 0 Å². The van der Waals surface area contributed by atoms with Crippen molar-refractivity contribution in [2.75, 3.05) is 6.61 Å². The van der Waals surface area contributed by atoms with Crippen LogP contribution in [0, 0.1) is 11.8 Å². The summed E-state index contributed by atoms with van der Waals surface area (Å²) in [5.74, 6) is -3.73. The number of hydrogen-bond donors (Lipinski definition) is 0. The van der Waals surface area contributed by atoms with E-state index in [1.807, 2.05) is 0 Å². The van der Waals surface area contributed by atoms with E-state index < -0.39 is 36.2 Å². The van der Waals surface area contributed by atoms with Crippen molar-refractivity contribution in [1.82, 2.24) is 0 Å². The van der Waals surface area contributed by atoms with E-state index in [4.69, 9.17) is 9.47 Å². The smallest absolute Gasteiger partial charge is 0.395 e. The number of carbonyl (C=O) groups is 1. The molecule has 2 aliphatic rings. The highest BCUT2D eigenvalue weighted by Gasteiger charge is 2.56. The Labute approximate surface area is 96.6 Å². The van der Waals surface area contributed by atoms with Gasteiger partial charge >= 0.3 is 12.1 Å². The van der Waals surface area contributed by atoms with Crippen molar-refractivity contribution in [3.8, 4) is 0 Å². The molecule has 2 bridgehead atoms. The molecule has 4 unspecified atom stereocenters. The van der Waals surface area contributed by atoms with Crippen LogP contribution in [0.25, 0.3) is 0 Å². The van der Waals surface area contributed by atoms with Gasteiger partial charge in [0.05, 0.1) is 30.7 Å². The van der Waals surface area contributed by atoms with E-state index in [1.54, 1.807) is 13.0 Å². The zero-order valence-corrected chi connectivity index (χ0v) is 9.24. The number of rotatable bonds is 2. The fourth-order valence-corrected chi connectivity index (χ4v) is 2.40. The average molecular weight is 250 g/mol. The van der Waals surface area contributed by atoms with Gasteiger partial charge in [0, 0.05) is 0 Å². The van der Waals surface area contributed by atoms with Gasteiger partial charge in [-0.1, -0.05) is 12.2 Å². The third kappa shape index (κ3) is 2.31. The van der Waals surface area contributed by atoms with E-state index in [1.165, 1.54) is 6.08 Å². The van der Waals surface area contributed by atoms with Crippen molar-refractivity contribution in [3.05, 3.63) is 12.2 Å². The monoisotopic (exact) mass is 250 g/mol. The molecule has 4 atom stereocenters. The highest BCUT2D eigenvalue weighted by Crippen LogP contribution is 2.45. The fourth-order valence-electron chi connectivity index (χ4n) is 2.40. The molecule has 3 nitrogen and oxygen atoms in total. The first kappa shape index (κ1) is 12.4. The summed E-state index contributed by atoms with van der Waals surface area (Å²) in [6.45, 7) is 1.66. The number of carbonyl (C=O) groups excluding carboxylic acids is 1. The van der Waals surface area contributed by atoms with Gasteiger partial charge in [-0.15, -0.1) is 0 Å². The lowest BCUT2D eigenvalue weighted by molar-refractivity contribution is -0.237. The Balaban J connectivity index is 2.21. The van der Waals surface area contributed by atoms with Gasteiger partial charge in [0.1, 0.15) is 0 Å². The molecule has 0 aromatic heterocycles. The van der Waals surface area contributed by atoms with Crippen LogP contribution in [0.1, 0.15) is 13.3 Å². The lowest BCUT2D eigenvalue weighted by Gasteiger charge is -2.36. The quantitative estimate of drug-likeness (QED) is 0.556. The minimum absolute atomic E-state index is 0.0377. The molecular weight excluding hydrogens is 237 g/mol. The Bertz CT molecular complexity index is 337.